The van der Waals surface area contributed by atoms with Crippen LogP contribution in [0.25, 0.3) is 0 Å². The molecule has 2 aromatic heterocycles. The lowest BCUT2D eigenvalue weighted by Crippen LogP contribution is -2.40. The quantitative estimate of drug-likeness (QED) is 0.905. The molecule has 7 nitrogen and oxygen atoms in total. The molecule has 2 heterocycles. The standard InChI is InChI=1S/C15H18N4O3/c1-9-5-12(19-22-9)17-13(20)10-6-11(8-16-7-10)14(21)18-15(2,3)4/h5-8H,1-4H3,(H,18,21)(H,17,19,20). The van der Waals surface area contributed by atoms with E-state index < -0.39 is 5.91 Å². The Kier molecular flexibility index (Phi) is 4.25. The van der Waals surface area contributed by atoms with E-state index in [1.165, 1.54) is 18.5 Å². The maximum absolute atomic E-state index is 12.1. The van der Waals surface area contributed by atoms with Crippen LogP contribution in [0.2, 0.25) is 0 Å². The normalized spacial score (nSPS) is 11.1. The van der Waals surface area contributed by atoms with Gasteiger partial charge in [-0.2, -0.15) is 0 Å². The number of carbonyl (C=O) groups excluding carboxylic acids is 2. The molecule has 2 rings (SSSR count). The molecule has 2 amide bonds. The van der Waals surface area contributed by atoms with Crippen molar-refractivity contribution in [3.8, 4) is 0 Å². The number of nitrogens with zero attached hydrogens (tertiary/aromatic N) is 2. The number of amides is 2. The van der Waals surface area contributed by atoms with Crippen molar-refractivity contribution < 1.29 is 14.1 Å². The SMILES string of the molecule is Cc1cc(NC(=O)c2cncc(C(=O)NC(C)(C)C)c2)no1. The van der Waals surface area contributed by atoms with Crippen molar-refractivity contribution in [3.05, 3.63) is 41.4 Å². The summed E-state index contributed by atoms with van der Waals surface area (Å²) in [5.74, 6) is 0.205. The van der Waals surface area contributed by atoms with Crippen molar-refractivity contribution in [2.75, 3.05) is 5.32 Å². The average molecular weight is 302 g/mol. The van der Waals surface area contributed by atoms with Gasteiger partial charge >= 0.3 is 0 Å². The van der Waals surface area contributed by atoms with Crippen LogP contribution in [0, 0.1) is 6.92 Å². The molecule has 0 saturated heterocycles. The number of aromatic nitrogens is 2. The van der Waals surface area contributed by atoms with Crippen LogP contribution in [0.4, 0.5) is 5.82 Å². The summed E-state index contributed by atoms with van der Waals surface area (Å²) in [4.78, 5) is 28.1. The lowest BCUT2D eigenvalue weighted by atomic mass is 10.1. The highest BCUT2D eigenvalue weighted by Gasteiger charge is 2.17. The minimum Gasteiger partial charge on any atom is -0.360 e. The largest absolute Gasteiger partial charge is 0.360 e. The third kappa shape index (κ3) is 4.15. The van der Waals surface area contributed by atoms with Crippen LogP contribution in [-0.4, -0.2) is 27.5 Å². The van der Waals surface area contributed by atoms with Crippen LogP contribution in [0.1, 0.15) is 47.2 Å². The Hall–Kier alpha value is -2.70. The molecule has 116 valence electrons. The number of carbonyl (C=O) groups is 2. The Labute approximate surface area is 128 Å². The van der Waals surface area contributed by atoms with Gasteiger partial charge in [-0.25, -0.2) is 0 Å². The maximum Gasteiger partial charge on any atom is 0.258 e. The summed E-state index contributed by atoms with van der Waals surface area (Å²) in [5.41, 5.74) is 0.217. The van der Waals surface area contributed by atoms with Crippen molar-refractivity contribution in [3.63, 3.8) is 0 Å². The molecule has 0 aromatic carbocycles. The fourth-order valence-corrected chi connectivity index (χ4v) is 1.71. The Balaban J connectivity index is 2.14. The summed E-state index contributed by atoms with van der Waals surface area (Å²) >= 11 is 0. The topological polar surface area (TPSA) is 97.1 Å². The van der Waals surface area contributed by atoms with E-state index in [1.54, 1.807) is 13.0 Å². The number of nitrogens with one attached hydrogen (secondary N) is 2. The lowest BCUT2D eigenvalue weighted by Gasteiger charge is -2.20. The Morgan fingerprint density at radius 3 is 2.27 bits per heavy atom. The molecule has 0 aliphatic carbocycles. The van der Waals surface area contributed by atoms with Crippen LogP contribution in [-0.2, 0) is 0 Å². The van der Waals surface area contributed by atoms with Gasteiger partial charge in [-0.15, -0.1) is 0 Å². The molecule has 0 saturated carbocycles. The Bertz CT molecular complexity index is 701. The third-order valence-electron chi connectivity index (χ3n) is 2.62. The van der Waals surface area contributed by atoms with Gasteiger partial charge in [0.1, 0.15) is 5.76 Å². The van der Waals surface area contributed by atoms with Crippen molar-refractivity contribution in [1.82, 2.24) is 15.5 Å². The molecule has 0 radical (unpaired) electrons. The average Bonchev–Trinajstić information content (AvgIpc) is 2.82. The van der Waals surface area contributed by atoms with Gasteiger partial charge in [0.2, 0.25) is 0 Å². The molecular formula is C15H18N4O3. The summed E-state index contributed by atoms with van der Waals surface area (Å²) in [6, 6.07) is 3.08. The molecule has 0 atom stereocenters. The smallest absolute Gasteiger partial charge is 0.258 e. The van der Waals surface area contributed by atoms with Crippen molar-refractivity contribution in [2.45, 2.75) is 33.2 Å². The number of hydrogen-bond donors (Lipinski definition) is 2. The molecule has 0 unspecified atom stereocenters. The first-order valence-corrected chi connectivity index (χ1v) is 6.77. The fourth-order valence-electron chi connectivity index (χ4n) is 1.71. The van der Waals surface area contributed by atoms with Crippen LogP contribution in [0.15, 0.2) is 29.0 Å². The van der Waals surface area contributed by atoms with E-state index in [-0.39, 0.29) is 17.0 Å². The van der Waals surface area contributed by atoms with E-state index in [0.29, 0.717) is 17.1 Å². The Morgan fingerprint density at radius 1 is 1.09 bits per heavy atom. The highest BCUT2D eigenvalue weighted by molar-refractivity contribution is 6.05. The molecule has 22 heavy (non-hydrogen) atoms. The second kappa shape index (κ2) is 5.97. The second-order valence-electron chi connectivity index (χ2n) is 5.94. The van der Waals surface area contributed by atoms with E-state index in [2.05, 4.69) is 20.8 Å². The van der Waals surface area contributed by atoms with E-state index in [9.17, 15) is 9.59 Å². The van der Waals surface area contributed by atoms with Crippen molar-refractivity contribution in [1.29, 1.82) is 0 Å². The van der Waals surface area contributed by atoms with Gasteiger partial charge in [-0.05, 0) is 33.8 Å². The van der Waals surface area contributed by atoms with Gasteiger partial charge in [-0.1, -0.05) is 5.16 Å². The molecular weight excluding hydrogens is 284 g/mol. The number of anilines is 1. The third-order valence-corrected chi connectivity index (χ3v) is 2.62. The highest BCUT2D eigenvalue weighted by Crippen LogP contribution is 2.11. The summed E-state index contributed by atoms with van der Waals surface area (Å²) in [6.07, 6.45) is 2.80. The Morgan fingerprint density at radius 2 is 1.73 bits per heavy atom. The minimum absolute atomic E-state index is 0.266. The zero-order valence-electron chi connectivity index (χ0n) is 12.9. The summed E-state index contributed by atoms with van der Waals surface area (Å²) in [6.45, 7) is 7.35. The van der Waals surface area contributed by atoms with Crippen molar-refractivity contribution >= 4 is 17.6 Å². The van der Waals surface area contributed by atoms with Crippen LogP contribution >= 0.6 is 0 Å². The number of aryl methyl sites for hydroxylation is 1. The van der Waals surface area contributed by atoms with Crippen LogP contribution in [0.5, 0.6) is 0 Å². The summed E-state index contributed by atoms with van der Waals surface area (Å²) in [5, 5.41) is 9.08. The van der Waals surface area contributed by atoms with Gasteiger partial charge in [0.25, 0.3) is 11.8 Å². The van der Waals surface area contributed by atoms with E-state index >= 15 is 0 Å². The zero-order chi connectivity index (χ0) is 16.3. The first-order valence-electron chi connectivity index (χ1n) is 6.77. The molecule has 0 aliphatic rings. The molecule has 0 spiro atoms. The summed E-state index contributed by atoms with van der Waals surface area (Å²) in [7, 11) is 0. The zero-order valence-corrected chi connectivity index (χ0v) is 12.9. The second-order valence-corrected chi connectivity index (χ2v) is 5.94. The molecule has 0 bridgehead atoms. The molecule has 2 N–H and O–H groups in total. The van der Waals surface area contributed by atoms with Gasteiger partial charge in [-0.3, -0.25) is 14.6 Å². The van der Waals surface area contributed by atoms with Crippen molar-refractivity contribution in [2.24, 2.45) is 0 Å². The van der Waals surface area contributed by atoms with Crippen LogP contribution in [0.3, 0.4) is 0 Å². The first-order chi connectivity index (χ1) is 10.2. The predicted molar refractivity (Wildman–Crippen MR) is 80.6 cm³/mol. The maximum atomic E-state index is 12.1. The minimum atomic E-state index is -0.411. The number of hydrogen-bond acceptors (Lipinski definition) is 5. The van der Waals surface area contributed by atoms with Gasteiger partial charge in [0.15, 0.2) is 5.82 Å². The van der Waals surface area contributed by atoms with E-state index in [1.807, 2.05) is 20.8 Å². The number of pyridine rings is 1. The monoisotopic (exact) mass is 302 g/mol. The molecule has 0 fully saturated rings. The predicted octanol–water partition coefficient (Wildman–Crippen LogP) is 2.16. The van der Waals surface area contributed by atoms with Crippen LogP contribution < -0.4 is 10.6 Å². The van der Waals surface area contributed by atoms with E-state index in [4.69, 9.17) is 4.52 Å². The van der Waals surface area contributed by atoms with Gasteiger partial charge < -0.3 is 15.2 Å². The van der Waals surface area contributed by atoms with E-state index in [0.717, 1.165) is 0 Å². The van der Waals surface area contributed by atoms with Gasteiger partial charge in [0.05, 0.1) is 11.1 Å². The van der Waals surface area contributed by atoms with Gasteiger partial charge in [0, 0.05) is 24.0 Å². The molecule has 2 aromatic rings. The summed E-state index contributed by atoms with van der Waals surface area (Å²) < 4.78 is 4.87. The number of rotatable bonds is 3. The fraction of sp³-hybridized carbons (Fsp3) is 0.333. The first kappa shape index (κ1) is 15.7. The molecule has 7 heteroatoms. The lowest BCUT2D eigenvalue weighted by molar-refractivity contribution is 0.0919. The highest BCUT2D eigenvalue weighted by atomic mass is 16.5. The molecule has 0 aliphatic heterocycles.